The first-order valence-corrected chi connectivity index (χ1v) is 4.49. The Morgan fingerprint density at radius 2 is 2.38 bits per heavy atom. The number of carboxylic acid groups (broad SMARTS) is 1. The van der Waals surface area contributed by atoms with Crippen molar-refractivity contribution in [3.63, 3.8) is 0 Å². The topological polar surface area (TPSA) is 85.3 Å². The normalized spacial score (nSPS) is 10.2. The lowest BCUT2D eigenvalue weighted by Gasteiger charge is -2.02. The van der Waals surface area contributed by atoms with Crippen LogP contribution in [0, 0.1) is 0 Å². The second kappa shape index (κ2) is 4.01. The third-order valence-corrected chi connectivity index (χ3v) is 2.08. The Kier molecular flexibility index (Phi) is 2.55. The molecule has 0 fully saturated rings. The summed E-state index contributed by atoms with van der Waals surface area (Å²) in [5, 5.41) is 12.2. The molecule has 0 aliphatic rings. The van der Waals surface area contributed by atoms with Crippen LogP contribution in [0.15, 0.2) is 40.1 Å². The molecule has 2 aromatic heterocycles. The second-order valence-corrected chi connectivity index (χ2v) is 3.22. The van der Waals surface area contributed by atoms with E-state index in [0.717, 1.165) is 11.6 Å². The molecule has 6 heteroatoms. The maximum absolute atomic E-state index is 11.5. The molecule has 0 amide bonds. The highest BCUT2D eigenvalue weighted by Gasteiger charge is 2.05. The Bertz CT molecular complexity index is 556. The Balaban J connectivity index is 2.30. The SMILES string of the molecule is O=C(O)c1ccn(Cc2cnoc2)c(=O)c1. The molecule has 0 radical (unpaired) electrons. The molecular formula is C10H8N2O4. The van der Waals surface area contributed by atoms with Gasteiger partial charge in [0.2, 0.25) is 0 Å². The summed E-state index contributed by atoms with van der Waals surface area (Å²) < 4.78 is 6.00. The number of pyridine rings is 1. The standard InChI is InChI=1S/C10H8N2O4/c13-9-3-8(10(14)15)1-2-12(9)5-7-4-11-16-6-7/h1-4,6H,5H2,(H,14,15). The smallest absolute Gasteiger partial charge is 0.335 e. The predicted molar refractivity (Wildman–Crippen MR) is 53.3 cm³/mol. The molecule has 0 saturated carbocycles. The average molecular weight is 220 g/mol. The van der Waals surface area contributed by atoms with Gasteiger partial charge >= 0.3 is 5.97 Å². The van der Waals surface area contributed by atoms with Gasteiger partial charge in [-0.15, -0.1) is 0 Å². The van der Waals surface area contributed by atoms with Crippen LogP contribution < -0.4 is 5.56 Å². The van der Waals surface area contributed by atoms with Gasteiger partial charge in [-0.25, -0.2) is 4.79 Å². The summed E-state index contributed by atoms with van der Waals surface area (Å²) >= 11 is 0. The monoisotopic (exact) mass is 220 g/mol. The van der Waals surface area contributed by atoms with Crippen LogP contribution in [0.1, 0.15) is 15.9 Å². The van der Waals surface area contributed by atoms with Gasteiger partial charge in [-0.3, -0.25) is 4.79 Å². The van der Waals surface area contributed by atoms with Gasteiger partial charge in [-0.2, -0.15) is 0 Å². The van der Waals surface area contributed by atoms with E-state index >= 15 is 0 Å². The van der Waals surface area contributed by atoms with Crippen molar-refractivity contribution in [3.8, 4) is 0 Å². The molecule has 1 N–H and O–H groups in total. The van der Waals surface area contributed by atoms with Crippen molar-refractivity contribution in [1.82, 2.24) is 9.72 Å². The third kappa shape index (κ3) is 2.00. The molecule has 0 spiro atoms. The maximum Gasteiger partial charge on any atom is 0.335 e. The lowest BCUT2D eigenvalue weighted by atomic mass is 10.2. The van der Waals surface area contributed by atoms with Gasteiger partial charge in [0.1, 0.15) is 6.26 Å². The van der Waals surface area contributed by atoms with E-state index in [4.69, 9.17) is 5.11 Å². The van der Waals surface area contributed by atoms with Gasteiger partial charge in [0, 0.05) is 17.8 Å². The van der Waals surface area contributed by atoms with Crippen molar-refractivity contribution >= 4 is 5.97 Å². The lowest BCUT2D eigenvalue weighted by Crippen LogP contribution is -2.20. The number of carboxylic acids is 1. The summed E-state index contributed by atoms with van der Waals surface area (Å²) in [5.41, 5.74) is 0.345. The molecular weight excluding hydrogens is 212 g/mol. The van der Waals surface area contributed by atoms with Crippen LogP contribution in [-0.4, -0.2) is 20.8 Å². The van der Waals surface area contributed by atoms with E-state index in [9.17, 15) is 9.59 Å². The molecule has 0 unspecified atom stereocenters. The fourth-order valence-electron chi connectivity index (χ4n) is 1.27. The van der Waals surface area contributed by atoms with Crippen LogP contribution >= 0.6 is 0 Å². The molecule has 16 heavy (non-hydrogen) atoms. The quantitative estimate of drug-likeness (QED) is 0.817. The second-order valence-electron chi connectivity index (χ2n) is 3.22. The van der Waals surface area contributed by atoms with Crippen LogP contribution in [-0.2, 0) is 6.54 Å². The molecule has 0 bridgehead atoms. The number of hydrogen-bond acceptors (Lipinski definition) is 4. The first-order chi connectivity index (χ1) is 7.66. The zero-order valence-corrected chi connectivity index (χ0v) is 8.16. The van der Waals surface area contributed by atoms with E-state index in [1.54, 1.807) is 0 Å². The molecule has 2 heterocycles. The number of aromatic nitrogens is 2. The van der Waals surface area contributed by atoms with Gasteiger partial charge in [0.25, 0.3) is 5.56 Å². The van der Waals surface area contributed by atoms with Gasteiger partial charge in [0.15, 0.2) is 0 Å². The molecule has 82 valence electrons. The van der Waals surface area contributed by atoms with Crippen LogP contribution in [0.3, 0.4) is 0 Å². The lowest BCUT2D eigenvalue weighted by molar-refractivity contribution is 0.0696. The summed E-state index contributed by atoms with van der Waals surface area (Å²) in [4.78, 5) is 22.1. The molecule has 2 rings (SSSR count). The Morgan fingerprint density at radius 3 is 2.94 bits per heavy atom. The number of rotatable bonds is 3. The Labute approximate surface area is 89.7 Å². The zero-order valence-electron chi connectivity index (χ0n) is 8.16. The van der Waals surface area contributed by atoms with Crippen molar-refractivity contribution in [2.45, 2.75) is 6.54 Å². The van der Waals surface area contributed by atoms with E-state index in [1.807, 2.05) is 0 Å². The molecule has 0 saturated heterocycles. The summed E-state index contributed by atoms with van der Waals surface area (Å²) in [6.45, 7) is 0.308. The maximum atomic E-state index is 11.5. The summed E-state index contributed by atoms with van der Waals surface area (Å²) in [6.07, 6.45) is 4.36. The molecule has 0 aliphatic heterocycles. The van der Waals surface area contributed by atoms with Gasteiger partial charge < -0.3 is 14.2 Å². The van der Waals surface area contributed by atoms with Crippen molar-refractivity contribution in [2.24, 2.45) is 0 Å². The minimum atomic E-state index is -1.12. The van der Waals surface area contributed by atoms with Crippen LogP contribution in [0.25, 0.3) is 0 Å². The highest BCUT2D eigenvalue weighted by Crippen LogP contribution is 2.00. The largest absolute Gasteiger partial charge is 0.478 e. The first-order valence-electron chi connectivity index (χ1n) is 4.49. The van der Waals surface area contributed by atoms with Gasteiger partial charge in [-0.1, -0.05) is 5.16 Å². The highest BCUT2D eigenvalue weighted by molar-refractivity contribution is 5.87. The Morgan fingerprint density at radius 1 is 1.56 bits per heavy atom. The first kappa shape index (κ1) is 10.2. The van der Waals surface area contributed by atoms with Crippen LogP contribution in [0.4, 0.5) is 0 Å². The van der Waals surface area contributed by atoms with Crippen molar-refractivity contribution in [2.75, 3.05) is 0 Å². The summed E-state index contributed by atoms with van der Waals surface area (Å²) in [6, 6.07) is 2.45. The molecule has 0 atom stereocenters. The van der Waals surface area contributed by atoms with Crippen molar-refractivity contribution in [1.29, 1.82) is 0 Å². The third-order valence-electron chi connectivity index (χ3n) is 2.08. The zero-order chi connectivity index (χ0) is 11.5. The average Bonchev–Trinajstić information content (AvgIpc) is 2.73. The minimum Gasteiger partial charge on any atom is -0.478 e. The van der Waals surface area contributed by atoms with Gasteiger partial charge in [-0.05, 0) is 6.07 Å². The molecule has 6 nitrogen and oxygen atoms in total. The summed E-state index contributed by atoms with van der Waals surface area (Å²) in [7, 11) is 0. The summed E-state index contributed by atoms with van der Waals surface area (Å²) in [5.74, 6) is -1.12. The van der Waals surface area contributed by atoms with E-state index in [2.05, 4.69) is 9.68 Å². The minimum absolute atomic E-state index is 0.0217. The molecule has 2 aromatic rings. The van der Waals surface area contributed by atoms with Crippen molar-refractivity contribution < 1.29 is 14.4 Å². The van der Waals surface area contributed by atoms with E-state index in [1.165, 1.54) is 29.3 Å². The number of carbonyl (C=O) groups is 1. The van der Waals surface area contributed by atoms with E-state index in [0.29, 0.717) is 6.54 Å². The van der Waals surface area contributed by atoms with E-state index in [-0.39, 0.29) is 11.1 Å². The van der Waals surface area contributed by atoms with Crippen LogP contribution in [0.5, 0.6) is 0 Å². The number of aromatic carboxylic acids is 1. The highest BCUT2D eigenvalue weighted by atomic mass is 16.5. The van der Waals surface area contributed by atoms with Crippen molar-refractivity contribution in [3.05, 3.63) is 52.3 Å². The Hall–Kier alpha value is -2.37. The molecule has 0 aromatic carbocycles. The van der Waals surface area contributed by atoms with E-state index < -0.39 is 5.97 Å². The number of nitrogens with zero attached hydrogens (tertiary/aromatic N) is 2. The number of hydrogen-bond donors (Lipinski definition) is 1. The van der Waals surface area contributed by atoms with Gasteiger partial charge in [0.05, 0.1) is 18.3 Å². The molecule has 0 aliphatic carbocycles. The van der Waals surface area contributed by atoms with Crippen LogP contribution in [0.2, 0.25) is 0 Å². The fraction of sp³-hybridized carbons (Fsp3) is 0.100. The predicted octanol–water partition coefficient (Wildman–Crippen LogP) is 0.583. The fourth-order valence-corrected chi connectivity index (χ4v) is 1.27.